The van der Waals surface area contributed by atoms with Crippen molar-refractivity contribution in [1.29, 1.82) is 0 Å². The maximum Gasteiger partial charge on any atom is 0.140 e. The molecule has 0 amide bonds. The quantitative estimate of drug-likeness (QED) is 0.768. The van der Waals surface area contributed by atoms with Crippen molar-refractivity contribution in [2.75, 3.05) is 0 Å². The summed E-state index contributed by atoms with van der Waals surface area (Å²) in [5.41, 5.74) is 1.13. The van der Waals surface area contributed by atoms with Crippen molar-refractivity contribution in [2.45, 2.75) is 52.2 Å². The molecule has 0 bridgehead atoms. The maximum atomic E-state index is 12.0. The van der Waals surface area contributed by atoms with Crippen LogP contribution in [0.2, 0.25) is 0 Å². The van der Waals surface area contributed by atoms with E-state index in [1.807, 2.05) is 44.2 Å². The molecule has 2 N–H and O–H groups in total. The third-order valence-corrected chi connectivity index (χ3v) is 3.76. The fraction of sp³-hybridized carbons (Fsp3) is 0.588. The molecular weight excluding hydrogens is 252 g/mol. The SMILES string of the molecule is CCC(=O)C(C(O)CCc1ccccc1)C(O)C(C)C. The Morgan fingerprint density at radius 3 is 2.25 bits per heavy atom. The fourth-order valence-corrected chi connectivity index (χ4v) is 2.42. The average molecular weight is 278 g/mol. The summed E-state index contributed by atoms with van der Waals surface area (Å²) in [5, 5.41) is 20.5. The molecule has 0 spiro atoms. The summed E-state index contributed by atoms with van der Waals surface area (Å²) in [4.78, 5) is 12.0. The molecule has 0 fully saturated rings. The molecule has 0 aliphatic heterocycles. The third kappa shape index (κ3) is 4.73. The number of aryl methyl sites for hydroxylation is 1. The van der Waals surface area contributed by atoms with E-state index in [0.717, 1.165) is 5.56 Å². The molecule has 1 rings (SSSR count). The monoisotopic (exact) mass is 278 g/mol. The molecule has 1 aromatic carbocycles. The van der Waals surface area contributed by atoms with Gasteiger partial charge in [0, 0.05) is 6.42 Å². The van der Waals surface area contributed by atoms with E-state index in [-0.39, 0.29) is 11.7 Å². The van der Waals surface area contributed by atoms with E-state index >= 15 is 0 Å². The third-order valence-electron chi connectivity index (χ3n) is 3.76. The highest BCUT2D eigenvalue weighted by atomic mass is 16.3. The van der Waals surface area contributed by atoms with Crippen molar-refractivity contribution >= 4 is 5.78 Å². The lowest BCUT2D eigenvalue weighted by molar-refractivity contribution is -0.133. The van der Waals surface area contributed by atoms with Gasteiger partial charge in [-0.25, -0.2) is 0 Å². The number of aliphatic hydroxyl groups is 2. The summed E-state index contributed by atoms with van der Waals surface area (Å²) in [6.07, 6.45) is -0.0327. The predicted molar refractivity (Wildman–Crippen MR) is 80.4 cm³/mol. The minimum atomic E-state index is -0.792. The molecule has 0 aliphatic rings. The standard InChI is InChI=1S/C17H26O3/c1-4-14(18)16(17(20)12(2)3)15(19)11-10-13-8-6-5-7-9-13/h5-9,12,15-17,19-20H,4,10-11H2,1-3H3. The van der Waals surface area contributed by atoms with Gasteiger partial charge >= 0.3 is 0 Å². The average Bonchev–Trinajstić information content (AvgIpc) is 2.45. The highest BCUT2D eigenvalue weighted by molar-refractivity contribution is 5.81. The molecule has 0 saturated heterocycles. The van der Waals surface area contributed by atoms with Gasteiger partial charge in [-0.15, -0.1) is 0 Å². The zero-order valence-corrected chi connectivity index (χ0v) is 12.6. The summed E-state index contributed by atoms with van der Waals surface area (Å²) in [6, 6.07) is 9.87. The normalized spacial score (nSPS) is 15.9. The molecule has 20 heavy (non-hydrogen) atoms. The first-order valence-corrected chi connectivity index (χ1v) is 7.40. The van der Waals surface area contributed by atoms with Crippen LogP contribution in [0.3, 0.4) is 0 Å². The van der Waals surface area contributed by atoms with E-state index in [4.69, 9.17) is 0 Å². The van der Waals surface area contributed by atoms with Crippen LogP contribution in [0.5, 0.6) is 0 Å². The van der Waals surface area contributed by atoms with Gasteiger partial charge in [0.25, 0.3) is 0 Å². The highest BCUT2D eigenvalue weighted by Crippen LogP contribution is 2.22. The smallest absolute Gasteiger partial charge is 0.140 e. The van der Waals surface area contributed by atoms with Gasteiger partial charge in [-0.1, -0.05) is 51.1 Å². The largest absolute Gasteiger partial charge is 0.392 e. The van der Waals surface area contributed by atoms with Gasteiger partial charge in [0.05, 0.1) is 18.1 Å². The number of hydrogen-bond acceptors (Lipinski definition) is 3. The molecule has 3 heteroatoms. The van der Waals surface area contributed by atoms with Gasteiger partial charge in [0.1, 0.15) is 5.78 Å². The van der Waals surface area contributed by atoms with Crippen molar-refractivity contribution in [3.8, 4) is 0 Å². The summed E-state index contributed by atoms with van der Waals surface area (Å²) in [5.74, 6) is -0.780. The summed E-state index contributed by atoms with van der Waals surface area (Å²) in [6.45, 7) is 5.50. The maximum absolute atomic E-state index is 12.0. The molecule has 0 aromatic heterocycles. The molecule has 112 valence electrons. The Labute approximate surface area is 121 Å². The molecule has 3 nitrogen and oxygen atoms in total. The van der Waals surface area contributed by atoms with E-state index in [2.05, 4.69) is 0 Å². The van der Waals surface area contributed by atoms with E-state index in [9.17, 15) is 15.0 Å². The molecular formula is C17H26O3. The molecule has 3 unspecified atom stereocenters. The highest BCUT2D eigenvalue weighted by Gasteiger charge is 2.33. The van der Waals surface area contributed by atoms with Gasteiger partial charge in [0.2, 0.25) is 0 Å². The van der Waals surface area contributed by atoms with E-state index in [1.54, 1.807) is 6.92 Å². The lowest BCUT2D eigenvalue weighted by atomic mass is 9.82. The van der Waals surface area contributed by atoms with Gasteiger partial charge < -0.3 is 10.2 Å². The number of carbonyl (C=O) groups is 1. The van der Waals surface area contributed by atoms with Crippen LogP contribution in [0.25, 0.3) is 0 Å². The van der Waals surface area contributed by atoms with E-state index in [1.165, 1.54) is 0 Å². The zero-order valence-electron chi connectivity index (χ0n) is 12.6. The van der Waals surface area contributed by atoms with Gasteiger partial charge in [-0.3, -0.25) is 4.79 Å². The first-order valence-electron chi connectivity index (χ1n) is 7.40. The molecule has 0 saturated carbocycles. The fourth-order valence-electron chi connectivity index (χ4n) is 2.42. The number of rotatable bonds is 8. The number of benzene rings is 1. The lowest BCUT2D eigenvalue weighted by Crippen LogP contribution is -2.40. The second-order valence-electron chi connectivity index (χ2n) is 5.67. The Balaban J connectivity index is 2.68. The van der Waals surface area contributed by atoms with Crippen LogP contribution in [-0.2, 0) is 11.2 Å². The lowest BCUT2D eigenvalue weighted by Gasteiger charge is -2.28. The van der Waals surface area contributed by atoms with Crippen molar-refractivity contribution < 1.29 is 15.0 Å². The minimum absolute atomic E-state index is 0.0399. The molecule has 1 aromatic rings. The Bertz CT molecular complexity index is 400. The number of Topliss-reactive ketones (excluding diaryl/α,β-unsaturated/α-hetero) is 1. The van der Waals surface area contributed by atoms with Crippen molar-refractivity contribution in [3.63, 3.8) is 0 Å². The first-order chi connectivity index (χ1) is 9.47. The summed E-state index contributed by atoms with van der Waals surface area (Å²) < 4.78 is 0. The minimum Gasteiger partial charge on any atom is -0.392 e. The van der Waals surface area contributed by atoms with Crippen LogP contribution in [0.4, 0.5) is 0 Å². The number of aliphatic hydroxyl groups excluding tert-OH is 2. The zero-order chi connectivity index (χ0) is 15.1. The van der Waals surface area contributed by atoms with Crippen LogP contribution in [0.1, 0.15) is 39.2 Å². The number of hydrogen-bond donors (Lipinski definition) is 2. The van der Waals surface area contributed by atoms with Crippen molar-refractivity contribution in [2.24, 2.45) is 11.8 Å². The number of ketones is 1. The Morgan fingerprint density at radius 1 is 1.15 bits per heavy atom. The van der Waals surface area contributed by atoms with Crippen LogP contribution < -0.4 is 0 Å². The molecule has 3 atom stereocenters. The molecule has 0 heterocycles. The van der Waals surface area contributed by atoms with Crippen LogP contribution in [0, 0.1) is 11.8 Å². The van der Waals surface area contributed by atoms with Gasteiger partial charge in [-0.2, -0.15) is 0 Å². The number of carbonyl (C=O) groups excluding carboxylic acids is 1. The second kappa shape index (κ2) is 8.18. The van der Waals surface area contributed by atoms with Gasteiger partial charge in [-0.05, 0) is 24.3 Å². The van der Waals surface area contributed by atoms with Crippen LogP contribution >= 0.6 is 0 Å². The van der Waals surface area contributed by atoms with Crippen molar-refractivity contribution in [1.82, 2.24) is 0 Å². The summed E-state index contributed by atoms with van der Waals surface area (Å²) >= 11 is 0. The Morgan fingerprint density at radius 2 is 1.75 bits per heavy atom. The van der Waals surface area contributed by atoms with Gasteiger partial charge in [0.15, 0.2) is 0 Å². The second-order valence-corrected chi connectivity index (χ2v) is 5.67. The predicted octanol–water partition coefficient (Wildman–Crippen LogP) is 2.59. The molecule has 0 radical (unpaired) electrons. The van der Waals surface area contributed by atoms with E-state index < -0.39 is 18.1 Å². The topological polar surface area (TPSA) is 57.5 Å². The Kier molecular flexibility index (Phi) is 6.89. The summed E-state index contributed by atoms with van der Waals surface area (Å²) in [7, 11) is 0. The van der Waals surface area contributed by atoms with Crippen molar-refractivity contribution in [3.05, 3.63) is 35.9 Å². The van der Waals surface area contributed by atoms with Crippen LogP contribution in [0.15, 0.2) is 30.3 Å². The van der Waals surface area contributed by atoms with Crippen LogP contribution in [-0.4, -0.2) is 28.2 Å². The van der Waals surface area contributed by atoms with E-state index in [0.29, 0.717) is 19.3 Å². The Hall–Kier alpha value is -1.19. The first kappa shape index (κ1) is 16.9. The molecule has 0 aliphatic carbocycles.